The Kier molecular flexibility index (Phi) is 2.83. The van der Waals surface area contributed by atoms with Gasteiger partial charge in [-0.25, -0.2) is 0 Å². The molecular formula is C14H21NO3. The highest BCUT2D eigenvalue weighted by atomic mass is 16.4. The number of likely N-dealkylation sites (tertiary alicyclic amines) is 1. The van der Waals surface area contributed by atoms with Gasteiger partial charge in [-0.1, -0.05) is 6.92 Å². The van der Waals surface area contributed by atoms with Crippen molar-refractivity contribution in [3.8, 4) is 0 Å². The van der Waals surface area contributed by atoms with Crippen LogP contribution in [-0.2, 0) is 9.59 Å². The summed E-state index contributed by atoms with van der Waals surface area (Å²) >= 11 is 0. The molecule has 4 nitrogen and oxygen atoms in total. The molecule has 3 rings (SSSR count). The molecule has 3 fully saturated rings. The highest BCUT2D eigenvalue weighted by Gasteiger charge is 2.49. The van der Waals surface area contributed by atoms with Gasteiger partial charge in [0.1, 0.15) is 0 Å². The van der Waals surface area contributed by atoms with E-state index in [1.54, 1.807) is 0 Å². The number of hydrogen-bond donors (Lipinski definition) is 1. The zero-order valence-corrected chi connectivity index (χ0v) is 10.8. The van der Waals surface area contributed by atoms with Crippen molar-refractivity contribution in [1.82, 2.24) is 4.90 Å². The number of carboxylic acids is 1. The summed E-state index contributed by atoms with van der Waals surface area (Å²) in [7, 11) is 0. The van der Waals surface area contributed by atoms with E-state index < -0.39 is 5.97 Å². The second kappa shape index (κ2) is 4.25. The summed E-state index contributed by atoms with van der Waals surface area (Å²) in [5, 5.41) is 9.13. The van der Waals surface area contributed by atoms with Crippen molar-refractivity contribution < 1.29 is 14.7 Å². The van der Waals surface area contributed by atoms with Crippen LogP contribution in [0.15, 0.2) is 0 Å². The SMILES string of the molecule is C[C@@H]1CN(C(=O)C(C2CC2)C2CC2)C[C@H]1C(=O)O. The summed E-state index contributed by atoms with van der Waals surface area (Å²) in [5.74, 6) is 0.624. The van der Waals surface area contributed by atoms with Crippen molar-refractivity contribution >= 4 is 11.9 Å². The molecule has 0 unspecified atom stereocenters. The number of carbonyl (C=O) groups is 2. The van der Waals surface area contributed by atoms with Gasteiger partial charge in [0.2, 0.25) is 5.91 Å². The Hall–Kier alpha value is -1.06. The molecule has 18 heavy (non-hydrogen) atoms. The van der Waals surface area contributed by atoms with Gasteiger partial charge < -0.3 is 10.0 Å². The quantitative estimate of drug-likeness (QED) is 0.825. The normalized spacial score (nSPS) is 32.0. The Morgan fingerprint density at radius 1 is 1.11 bits per heavy atom. The number of rotatable bonds is 4. The van der Waals surface area contributed by atoms with Crippen molar-refractivity contribution in [2.24, 2.45) is 29.6 Å². The molecule has 1 aliphatic heterocycles. The van der Waals surface area contributed by atoms with E-state index >= 15 is 0 Å². The molecule has 1 amide bonds. The predicted octanol–water partition coefficient (Wildman–Crippen LogP) is 1.60. The zero-order valence-electron chi connectivity index (χ0n) is 10.8. The van der Waals surface area contributed by atoms with Crippen molar-refractivity contribution in [2.45, 2.75) is 32.6 Å². The van der Waals surface area contributed by atoms with Crippen LogP contribution in [0.5, 0.6) is 0 Å². The molecule has 1 heterocycles. The molecule has 0 bridgehead atoms. The van der Waals surface area contributed by atoms with E-state index in [2.05, 4.69) is 0 Å². The molecule has 0 spiro atoms. The minimum absolute atomic E-state index is 0.0884. The van der Waals surface area contributed by atoms with Crippen LogP contribution in [0.2, 0.25) is 0 Å². The predicted molar refractivity (Wildman–Crippen MR) is 65.8 cm³/mol. The molecule has 0 aromatic heterocycles. The average molecular weight is 251 g/mol. The molecule has 1 N–H and O–H groups in total. The second-order valence-electron chi connectivity index (χ2n) is 6.37. The third kappa shape index (κ3) is 2.13. The molecule has 1 saturated heterocycles. The van der Waals surface area contributed by atoms with Gasteiger partial charge >= 0.3 is 5.97 Å². The smallest absolute Gasteiger partial charge is 0.308 e. The summed E-state index contributed by atoms with van der Waals surface area (Å²) in [5.41, 5.74) is 0. The monoisotopic (exact) mass is 251 g/mol. The number of aliphatic carboxylic acids is 1. The second-order valence-corrected chi connectivity index (χ2v) is 6.37. The van der Waals surface area contributed by atoms with Crippen LogP contribution in [-0.4, -0.2) is 35.0 Å². The number of hydrogen-bond acceptors (Lipinski definition) is 2. The molecule has 4 heteroatoms. The summed E-state index contributed by atoms with van der Waals surface area (Å²) in [6.07, 6.45) is 4.77. The molecule has 2 saturated carbocycles. The van der Waals surface area contributed by atoms with Crippen molar-refractivity contribution in [3.05, 3.63) is 0 Å². The minimum atomic E-state index is -0.757. The first-order chi connectivity index (χ1) is 8.58. The van der Waals surface area contributed by atoms with E-state index in [1.807, 2.05) is 11.8 Å². The van der Waals surface area contributed by atoms with Crippen LogP contribution in [0, 0.1) is 29.6 Å². The Morgan fingerprint density at radius 3 is 2.06 bits per heavy atom. The maximum absolute atomic E-state index is 12.6. The van der Waals surface area contributed by atoms with Gasteiger partial charge in [0.15, 0.2) is 0 Å². The molecule has 2 aliphatic carbocycles. The number of carboxylic acid groups (broad SMARTS) is 1. The van der Waals surface area contributed by atoms with Gasteiger partial charge in [0.05, 0.1) is 5.92 Å². The number of amides is 1. The van der Waals surface area contributed by atoms with E-state index in [4.69, 9.17) is 5.11 Å². The first-order valence-electron chi connectivity index (χ1n) is 7.09. The lowest BCUT2D eigenvalue weighted by Crippen LogP contribution is -2.37. The van der Waals surface area contributed by atoms with Gasteiger partial charge in [-0.05, 0) is 43.4 Å². The van der Waals surface area contributed by atoms with Gasteiger partial charge in [-0.3, -0.25) is 9.59 Å². The van der Waals surface area contributed by atoms with Crippen LogP contribution in [0.25, 0.3) is 0 Å². The molecular weight excluding hydrogens is 230 g/mol. The van der Waals surface area contributed by atoms with Crippen LogP contribution < -0.4 is 0 Å². The lowest BCUT2D eigenvalue weighted by molar-refractivity contribution is -0.142. The highest BCUT2D eigenvalue weighted by molar-refractivity contribution is 5.82. The third-order valence-electron chi connectivity index (χ3n) is 4.79. The van der Waals surface area contributed by atoms with Crippen LogP contribution in [0.3, 0.4) is 0 Å². The maximum Gasteiger partial charge on any atom is 0.308 e. The third-order valence-corrected chi connectivity index (χ3v) is 4.79. The minimum Gasteiger partial charge on any atom is -0.481 e. The molecule has 100 valence electrons. The first-order valence-corrected chi connectivity index (χ1v) is 7.09. The first kappa shape index (κ1) is 12.0. The molecule has 3 aliphatic rings. The van der Waals surface area contributed by atoms with Crippen molar-refractivity contribution in [1.29, 1.82) is 0 Å². The topological polar surface area (TPSA) is 57.6 Å². The van der Waals surface area contributed by atoms with E-state index in [1.165, 1.54) is 25.7 Å². The summed E-state index contributed by atoms with van der Waals surface area (Å²) in [6, 6.07) is 0. The average Bonchev–Trinajstić information content (AvgIpc) is 3.20. The Balaban J connectivity index is 1.67. The van der Waals surface area contributed by atoms with Crippen molar-refractivity contribution in [3.63, 3.8) is 0 Å². The largest absolute Gasteiger partial charge is 0.481 e. The van der Waals surface area contributed by atoms with E-state index in [9.17, 15) is 9.59 Å². The molecule has 2 atom stereocenters. The summed E-state index contributed by atoms with van der Waals surface area (Å²) in [4.78, 5) is 25.5. The Labute approximate surface area is 107 Å². The fourth-order valence-electron chi connectivity index (χ4n) is 3.38. The molecule has 0 radical (unpaired) electrons. The van der Waals surface area contributed by atoms with Crippen LogP contribution in [0.1, 0.15) is 32.6 Å². The zero-order chi connectivity index (χ0) is 12.9. The van der Waals surface area contributed by atoms with E-state index in [0.717, 1.165) is 0 Å². The number of carbonyl (C=O) groups excluding carboxylic acids is 1. The summed E-state index contributed by atoms with van der Waals surface area (Å²) in [6.45, 7) is 2.99. The van der Waals surface area contributed by atoms with Gasteiger partial charge in [0.25, 0.3) is 0 Å². The van der Waals surface area contributed by atoms with E-state index in [0.29, 0.717) is 24.9 Å². The summed E-state index contributed by atoms with van der Waals surface area (Å²) < 4.78 is 0. The van der Waals surface area contributed by atoms with E-state index in [-0.39, 0.29) is 23.7 Å². The van der Waals surface area contributed by atoms with Crippen LogP contribution >= 0.6 is 0 Å². The standard InChI is InChI=1S/C14H21NO3/c1-8-6-15(7-11(8)14(17)18)13(16)12(9-2-3-9)10-4-5-10/h8-12H,2-7H2,1H3,(H,17,18)/t8-,11-/m1/s1. The van der Waals surface area contributed by atoms with Gasteiger partial charge in [0, 0.05) is 19.0 Å². The fraction of sp³-hybridized carbons (Fsp3) is 0.857. The highest BCUT2D eigenvalue weighted by Crippen LogP contribution is 2.50. The molecule has 0 aromatic rings. The molecule has 0 aromatic carbocycles. The Bertz CT molecular complexity index is 361. The van der Waals surface area contributed by atoms with Crippen molar-refractivity contribution in [2.75, 3.05) is 13.1 Å². The van der Waals surface area contributed by atoms with Crippen LogP contribution in [0.4, 0.5) is 0 Å². The van der Waals surface area contributed by atoms with Gasteiger partial charge in [-0.15, -0.1) is 0 Å². The lowest BCUT2D eigenvalue weighted by atomic mass is 9.96. The maximum atomic E-state index is 12.6. The Morgan fingerprint density at radius 2 is 1.67 bits per heavy atom. The fourth-order valence-corrected chi connectivity index (χ4v) is 3.38. The lowest BCUT2D eigenvalue weighted by Gasteiger charge is -2.23. The number of nitrogens with zero attached hydrogens (tertiary/aromatic N) is 1. The van der Waals surface area contributed by atoms with Gasteiger partial charge in [-0.2, -0.15) is 0 Å².